The smallest absolute Gasteiger partial charge is 0.323 e. The molecule has 19 heavy (non-hydrogen) atoms. The van der Waals surface area contributed by atoms with E-state index in [1.165, 1.54) is 0 Å². The van der Waals surface area contributed by atoms with Crippen molar-refractivity contribution in [3.05, 3.63) is 0 Å². The summed E-state index contributed by atoms with van der Waals surface area (Å²) in [5.41, 5.74) is 5.64. The van der Waals surface area contributed by atoms with Gasteiger partial charge in [-0.3, -0.25) is 0 Å². The molecule has 7 heteroatoms. The molecule has 7 nitrogen and oxygen atoms in total. The minimum absolute atomic E-state index is 0.00194. The maximum Gasteiger partial charge on any atom is 0.323 e. The number of hydrogen-bond donors (Lipinski definition) is 2. The first-order valence-electron chi connectivity index (χ1n) is 6.58. The molecule has 2 unspecified atom stereocenters. The van der Waals surface area contributed by atoms with E-state index >= 15 is 0 Å². The largest absolute Gasteiger partial charge is 0.461 e. The van der Waals surface area contributed by atoms with Crippen molar-refractivity contribution in [1.29, 1.82) is 0 Å². The molecule has 1 fully saturated rings. The van der Waals surface area contributed by atoms with Crippen molar-refractivity contribution in [1.82, 2.24) is 15.0 Å². The van der Waals surface area contributed by atoms with Gasteiger partial charge < -0.3 is 20.5 Å². The van der Waals surface area contributed by atoms with Gasteiger partial charge in [0.1, 0.15) is 0 Å². The van der Waals surface area contributed by atoms with E-state index in [-0.39, 0.29) is 24.2 Å². The highest BCUT2D eigenvalue weighted by Crippen LogP contribution is 2.20. The Labute approximate surface area is 112 Å². The van der Waals surface area contributed by atoms with Gasteiger partial charge in [-0.2, -0.15) is 15.0 Å². The molecule has 0 amide bonds. The van der Waals surface area contributed by atoms with Crippen molar-refractivity contribution in [2.45, 2.75) is 39.4 Å². The van der Waals surface area contributed by atoms with Crippen LogP contribution in [0.3, 0.4) is 0 Å². The second-order valence-corrected chi connectivity index (χ2v) is 4.97. The Bertz CT molecular complexity index is 427. The van der Waals surface area contributed by atoms with Gasteiger partial charge in [0.2, 0.25) is 11.9 Å². The summed E-state index contributed by atoms with van der Waals surface area (Å²) in [6.45, 7) is 7.46. The molecule has 0 aromatic carbocycles. The lowest BCUT2D eigenvalue weighted by molar-refractivity contribution is 0.108. The predicted octanol–water partition coefficient (Wildman–Crippen LogP) is 1.08. The van der Waals surface area contributed by atoms with Crippen LogP contribution in [0.5, 0.6) is 6.01 Å². The summed E-state index contributed by atoms with van der Waals surface area (Å²) >= 11 is 0. The van der Waals surface area contributed by atoms with Gasteiger partial charge in [-0.05, 0) is 27.2 Å². The summed E-state index contributed by atoms with van der Waals surface area (Å²) < 4.78 is 10.9. The molecule has 106 valence electrons. The molecule has 3 N–H and O–H groups in total. The van der Waals surface area contributed by atoms with E-state index in [1.807, 2.05) is 13.8 Å². The quantitative estimate of drug-likeness (QED) is 0.824. The summed E-state index contributed by atoms with van der Waals surface area (Å²) in [5, 5.41) is 3.17. The molecule has 0 saturated carbocycles. The number of ether oxygens (including phenoxy) is 2. The third kappa shape index (κ3) is 3.92. The molecule has 0 spiro atoms. The molecular formula is C12H21N5O2. The van der Waals surface area contributed by atoms with Crippen LogP contribution in [0.1, 0.15) is 27.2 Å². The zero-order valence-electron chi connectivity index (χ0n) is 11.6. The number of anilines is 2. The van der Waals surface area contributed by atoms with E-state index in [1.54, 1.807) is 0 Å². The zero-order valence-corrected chi connectivity index (χ0v) is 11.6. The Morgan fingerprint density at radius 1 is 1.42 bits per heavy atom. The van der Waals surface area contributed by atoms with Crippen LogP contribution < -0.4 is 15.8 Å². The van der Waals surface area contributed by atoms with Crippen LogP contribution in [0, 0.1) is 5.92 Å². The number of nitrogens with one attached hydrogen (secondary N) is 1. The minimum Gasteiger partial charge on any atom is -0.461 e. The monoisotopic (exact) mass is 267 g/mol. The summed E-state index contributed by atoms with van der Waals surface area (Å²) in [6.07, 6.45) is 1.31. The average molecular weight is 267 g/mol. The first-order chi connectivity index (χ1) is 9.04. The Morgan fingerprint density at radius 2 is 2.21 bits per heavy atom. The summed E-state index contributed by atoms with van der Waals surface area (Å²) in [4.78, 5) is 12.2. The molecule has 1 aromatic heterocycles. The summed E-state index contributed by atoms with van der Waals surface area (Å²) in [7, 11) is 0. The Kier molecular flexibility index (Phi) is 4.36. The number of nitrogens with two attached hydrogens (primary N) is 1. The van der Waals surface area contributed by atoms with Crippen molar-refractivity contribution < 1.29 is 9.47 Å². The summed E-state index contributed by atoms with van der Waals surface area (Å²) in [5.74, 6) is 1.07. The Morgan fingerprint density at radius 3 is 2.84 bits per heavy atom. The lowest BCUT2D eigenvalue weighted by atomic mass is 10.0. The van der Waals surface area contributed by atoms with Crippen molar-refractivity contribution >= 4 is 11.9 Å². The highest BCUT2D eigenvalue weighted by molar-refractivity contribution is 5.32. The highest BCUT2D eigenvalue weighted by Gasteiger charge is 2.24. The first-order valence-corrected chi connectivity index (χ1v) is 6.58. The van der Waals surface area contributed by atoms with Crippen LogP contribution in [0.25, 0.3) is 0 Å². The van der Waals surface area contributed by atoms with E-state index < -0.39 is 0 Å². The van der Waals surface area contributed by atoms with Gasteiger partial charge in [-0.25, -0.2) is 0 Å². The average Bonchev–Trinajstić information content (AvgIpc) is 2.70. The Balaban J connectivity index is 1.97. The number of nitrogen functional groups attached to an aromatic ring is 1. The molecule has 1 aliphatic rings. The molecule has 0 radical (unpaired) electrons. The van der Waals surface area contributed by atoms with Crippen LogP contribution in [0.4, 0.5) is 11.9 Å². The highest BCUT2D eigenvalue weighted by atomic mass is 16.5. The number of nitrogens with zero attached hydrogens (tertiary/aromatic N) is 3. The second kappa shape index (κ2) is 6.01. The fourth-order valence-electron chi connectivity index (χ4n) is 1.98. The molecule has 0 bridgehead atoms. The molecular weight excluding hydrogens is 246 g/mol. The van der Waals surface area contributed by atoms with Gasteiger partial charge in [0.15, 0.2) is 0 Å². The van der Waals surface area contributed by atoms with E-state index in [0.29, 0.717) is 11.9 Å². The molecule has 1 aromatic rings. The van der Waals surface area contributed by atoms with E-state index in [4.69, 9.17) is 15.2 Å². The van der Waals surface area contributed by atoms with Crippen LogP contribution >= 0.6 is 0 Å². The molecule has 2 heterocycles. The third-order valence-electron chi connectivity index (χ3n) is 3.03. The van der Waals surface area contributed by atoms with Gasteiger partial charge in [0, 0.05) is 19.1 Å². The predicted molar refractivity (Wildman–Crippen MR) is 72.0 cm³/mol. The maximum absolute atomic E-state index is 5.64. The number of rotatable bonds is 5. The fraction of sp³-hybridized carbons (Fsp3) is 0.750. The van der Waals surface area contributed by atoms with Gasteiger partial charge in [0.25, 0.3) is 0 Å². The standard InChI is InChI=1S/C12H21N5O2/c1-7(2)19-12-16-10(13)15-11(17-12)14-6-9-4-5-18-8(9)3/h7-9H,4-6H2,1-3H3,(H3,13,14,15,16,17). The van der Waals surface area contributed by atoms with Crippen LogP contribution in [0.15, 0.2) is 0 Å². The maximum atomic E-state index is 5.64. The molecule has 2 atom stereocenters. The molecule has 2 rings (SSSR count). The number of hydrogen-bond acceptors (Lipinski definition) is 7. The SMILES string of the molecule is CC(C)Oc1nc(N)nc(NCC2CCOC2C)n1. The van der Waals surface area contributed by atoms with Gasteiger partial charge in [0.05, 0.1) is 12.2 Å². The third-order valence-corrected chi connectivity index (χ3v) is 3.03. The van der Waals surface area contributed by atoms with Gasteiger partial charge in [-0.15, -0.1) is 0 Å². The van der Waals surface area contributed by atoms with E-state index in [2.05, 4.69) is 27.2 Å². The molecule has 1 saturated heterocycles. The second-order valence-electron chi connectivity index (χ2n) is 4.97. The van der Waals surface area contributed by atoms with Crippen molar-refractivity contribution in [2.75, 3.05) is 24.2 Å². The molecule has 0 aliphatic carbocycles. The zero-order chi connectivity index (χ0) is 13.8. The lowest BCUT2D eigenvalue weighted by Gasteiger charge is -2.15. The number of aromatic nitrogens is 3. The topological polar surface area (TPSA) is 95.2 Å². The first kappa shape index (κ1) is 13.8. The van der Waals surface area contributed by atoms with Crippen LogP contribution in [-0.4, -0.2) is 40.3 Å². The Hall–Kier alpha value is -1.63. The summed E-state index contributed by atoms with van der Waals surface area (Å²) in [6, 6.07) is 0.251. The lowest BCUT2D eigenvalue weighted by Crippen LogP contribution is -2.22. The van der Waals surface area contributed by atoms with Crippen molar-refractivity contribution in [3.63, 3.8) is 0 Å². The van der Waals surface area contributed by atoms with E-state index in [9.17, 15) is 0 Å². The molecule has 1 aliphatic heterocycles. The van der Waals surface area contributed by atoms with E-state index in [0.717, 1.165) is 19.6 Å². The fourth-order valence-corrected chi connectivity index (χ4v) is 1.98. The minimum atomic E-state index is -0.00194. The van der Waals surface area contributed by atoms with Crippen molar-refractivity contribution in [2.24, 2.45) is 5.92 Å². The normalized spacial score (nSPS) is 22.7. The van der Waals surface area contributed by atoms with Crippen LogP contribution in [-0.2, 0) is 4.74 Å². The van der Waals surface area contributed by atoms with Crippen LogP contribution in [0.2, 0.25) is 0 Å². The van der Waals surface area contributed by atoms with Crippen molar-refractivity contribution in [3.8, 4) is 6.01 Å². The van der Waals surface area contributed by atoms with Gasteiger partial charge >= 0.3 is 6.01 Å². The van der Waals surface area contributed by atoms with Gasteiger partial charge in [-0.1, -0.05) is 0 Å².